The van der Waals surface area contributed by atoms with E-state index in [1.54, 1.807) is 0 Å². The van der Waals surface area contributed by atoms with Gasteiger partial charge in [0, 0.05) is 23.1 Å². The van der Waals surface area contributed by atoms with Crippen LogP contribution >= 0.6 is 0 Å². The van der Waals surface area contributed by atoms with Gasteiger partial charge in [-0.2, -0.15) is 0 Å². The molecule has 1 aliphatic heterocycles. The zero-order valence-electron chi connectivity index (χ0n) is 11.7. The highest BCUT2D eigenvalue weighted by Gasteiger charge is 2.43. The van der Waals surface area contributed by atoms with Gasteiger partial charge < -0.3 is 10.1 Å². The molecule has 2 fully saturated rings. The second kappa shape index (κ2) is 4.86. The summed E-state index contributed by atoms with van der Waals surface area (Å²) in [5, 5.41) is 10.5. The van der Waals surface area contributed by atoms with E-state index in [9.17, 15) is 9.90 Å². The van der Waals surface area contributed by atoms with Crippen LogP contribution in [0.2, 0.25) is 0 Å². The Hall–Kier alpha value is -1.85. The molecule has 4 atom stereocenters. The van der Waals surface area contributed by atoms with Crippen LogP contribution in [0.15, 0.2) is 30.5 Å². The fourth-order valence-electron chi connectivity index (χ4n) is 3.94. The number of carboxylic acids is 1. The van der Waals surface area contributed by atoms with Crippen molar-refractivity contribution >= 4 is 16.9 Å². The third-order valence-electron chi connectivity index (χ3n) is 5.06. The van der Waals surface area contributed by atoms with Crippen LogP contribution in [0.5, 0.6) is 0 Å². The largest absolute Gasteiger partial charge is 0.481 e. The maximum atomic E-state index is 11.3. The topological polar surface area (TPSA) is 77.2 Å². The molecular weight excluding hydrogens is 266 g/mol. The second-order valence-electron chi connectivity index (χ2n) is 6.17. The summed E-state index contributed by atoms with van der Waals surface area (Å²) in [6.07, 6.45) is 4.49. The van der Waals surface area contributed by atoms with E-state index in [0.717, 1.165) is 24.8 Å². The number of aromatic nitrogens is 1. The number of rotatable bonds is 2. The van der Waals surface area contributed by atoms with Crippen LogP contribution in [0.4, 0.5) is 0 Å². The van der Waals surface area contributed by atoms with Gasteiger partial charge in [0.1, 0.15) is 0 Å². The van der Waals surface area contributed by atoms with Crippen molar-refractivity contribution in [2.45, 2.75) is 31.3 Å². The van der Waals surface area contributed by atoms with Crippen LogP contribution in [0, 0.1) is 11.8 Å². The van der Waals surface area contributed by atoms with E-state index in [0.29, 0.717) is 12.0 Å². The van der Waals surface area contributed by atoms with Gasteiger partial charge in [0.05, 0.1) is 12.0 Å². The molecule has 0 bridgehead atoms. The molecule has 4 rings (SSSR count). The van der Waals surface area contributed by atoms with Crippen molar-refractivity contribution in [3.63, 3.8) is 0 Å². The zero-order valence-corrected chi connectivity index (χ0v) is 11.7. The number of benzene rings is 1. The van der Waals surface area contributed by atoms with Crippen LogP contribution < -0.4 is 10.9 Å². The molecule has 1 aromatic carbocycles. The minimum Gasteiger partial charge on any atom is -0.481 e. The summed E-state index contributed by atoms with van der Waals surface area (Å²) >= 11 is 0. The van der Waals surface area contributed by atoms with Gasteiger partial charge >= 0.3 is 5.97 Å². The number of hydrogen-bond acceptors (Lipinski definition) is 3. The fourth-order valence-corrected chi connectivity index (χ4v) is 3.94. The van der Waals surface area contributed by atoms with E-state index >= 15 is 0 Å². The van der Waals surface area contributed by atoms with Gasteiger partial charge in [-0.25, -0.2) is 5.43 Å². The van der Waals surface area contributed by atoms with Gasteiger partial charge in [-0.3, -0.25) is 10.2 Å². The Labute approximate surface area is 122 Å². The summed E-state index contributed by atoms with van der Waals surface area (Å²) < 4.78 is 0. The van der Waals surface area contributed by atoms with E-state index < -0.39 is 5.97 Å². The number of H-pyrrole nitrogens is 1. The normalized spacial score (nSPS) is 32.2. The number of carbonyl (C=O) groups is 1. The molecule has 110 valence electrons. The molecule has 1 saturated carbocycles. The first-order valence-corrected chi connectivity index (χ1v) is 7.54. The van der Waals surface area contributed by atoms with E-state index in [4.69, 9.17) is 0 Å². The summed E-state index contributed by atoms with van der Waals surface area (Å²) in [5.41, 5.74) is 9.12. The predicted octanol–water partition coefficient (Wildman–Crippen LogP) is 2.19. The van der Waals surface area contributed by atoms with Crippen LogP contribution in [0.25, 0.3) is 10.9 Å². The molecule has 2 aliphatic rings. The molecule has 4 unspecified atom stereocenters. The van der Waals surface area contributed by atoms with Crippen molar-refractivity contribution in [1.82, 2.24) is 15.8 Å². The Balaban J connectivity index is 1.67. The minimum atomic E-state index is -0.655. The lowest BCUT2D eigenvalue weighted by molar-refractivity contribution is -0.143. The van der Waals surface area contributed by atoms with Crippen LogP contribution in [0.1, 0.15) is 30.9 Å². The van der Waals surface area contributed by atoms with E-state index in [-0.39, 0.29) is 12.0 Å². The van der Waals surface area contributed by atoms with Crippen molar-refractivity contribution in [3.8, 4) is 0 Å². The van der Waals surface area contributed by atoms with Crippen molar-refractivity contribution in [1.29, 1.82) is 0 Å². The summed E-state index contributed by atoms with van der Waals surface area (Å²) in [6.45, 7) is 0. The number of aliphatic carboxylic acids is 1. The van der Waals surface area contributed by atoms with Crippen LogP contribution in [-0.2, 0) is 4.79 Å². The molecule has 2 heterocycles. The average molecular weight is 285 g/mol. The smallest absolute Gasteiger partial charge is 0.306 e. The SMILES string of the molecule is O=C(O)C1CCC2NNC(c3c[nH]c4ccccc34)C2C1. The van der Waals surface area contributed by atoms with Gasteiger partial charge in [-0.15, -0.1) is 0 Å². The third kappa shape index (κ3) is 2.04. The quantitative estimate of drug-likeness (QED) is 0.682. The second-order valence-corrected chi connectivity index (χ2v) is 6.17. The first-order chi connectivity index (χ1) is 10.2. The minimum absolute atomic E-state index is 0.174. The van der Waals surface area contributed by atoms with Crippen LogP contribution in [-0.4, -0.2) is 22.1 Å². The van der Waals surface area contributed by atoms with Crippen molar-refractivity contribution in [2.75, 3.05) is 0 Å². The number of aromatic amines is 1. The van der Waals surface area contributed by atoms with Gasteiger partial charge in [0.15, 0.2) is 0 Å². The average Bonchev–Trinajstić information content (AvgIpc) is 3.09. The van der Waals surface area contributed by atoms with Gasteiger partial charge in [-0.1, -0.05) is 18.2 Å². The summed E-state index contributed by atoms with van der Waals surface area (Å²) in [6, 6.07) is 8.80. The maximum absolute atomic E-state index is 11.3. The number of fused-ring (bicyclic) bond motifs is 2. The number of carboxylic acid groups (broad SMARTS) is 1. The molecule has 4 N–H and O–H groups in total. The highest BCUT2D eigenvalue weighted by Crippen LogP contribution is 2.42. The molecule has 0 spiro atoms. The molecule has 1 saturated heterocycles. The Morgan fingerprint density at radius 2 is 2.05 bits per heavy atom. The van der Waals surface area contributed by atoms with Crippen molar-refractivity contribution in [3.05, 3.63) is 36.0 Å². The summed E-state index contributed by atoms with van der Waals surface area (Å²) in [4.78, 5) is 14.6. The molecule has 0 radical (unpaired) electrons. The van der Waals surface area contributed by atoms with Crippen molar-refractivity contribution in [2.24, 2.45) is 11.8 Å². The monoisotopic (exact) mass is 285 g/mol. The molecule has 2 aromatic rings. The molecule has 1 aromatic heterocycles. The molecular formula is C16H19N3O2. The Bertz CT molecular complexity index is 681. The van der Waals surface area contributed by atoms with Crippen LogP contribution in [0.3, 0.4) is 0 Å². The lowest BCUT2D eigenvalue weighted by atomic mass is 9.74. The molecule has 5 nitrogen and oxygen atoms in total. The first-order valence-electron chi connectivity index (χ1n) is 7.54. The standard InChI is InChI=1S/C16H19N3O2/c20-16(21)9-5-6-14-11(7-9)15(19-18-14)12-8-17-13-4-2-1-3-10(12)13/h1-4,8-9,11,14-15,17-19H,5-7H2,(H,20,21). The number of nitrogens with one attached hydrogen (secondary N) is 3. The number of para-hydroxylation sites is 1. The zero-order chi connectivity index (χ0) is 14.4. The lowest BCUT2D eigenvalue weighted by Gasteiger charge is -2.31. The van der Waals surface area contributed by atoms with Gasteiger partial charge in [0.2, 0.25) is 0 Å². The lowest BCUT2D eigenvalue weighted by Crippen LogP contribution is -2.36. The third-order valence-corrected chi connectivity index (χ3v) is 5.06. The fraction of sp³-hybridized carbons (Fsp3) is 0.438. The summed E-state index contributed by atoms with van der Waals surface area (Å²) in [7, 11) is 0. The highest BCUT2D eigenvalue weighted by molar-refractivity contribution is 5.83. The number of hydrogen-bond donors (Lipinski definition) is 4. The summed E-state index contributed by atoms with van der Waals surface area (Å²) in [5.74, 6) is -0.530. The van der Waals surface area contributed by atoms with Crippen molar-refractivity contribution < 1.29 is 9.90 Å². The van der Waals surface area contributed by atoms with E-state index in [2.05, 4.69) is 34.2 Å². The Morgan fingerprint density at radius 3 is 2.90 bits per heavy atom. The molecule has 0 amide bonds. The molecule has 21 heavy (non-hydrogen) atoms. The predicted molar refractivity (Wildman–Crippen MR) is 79.6 cm³/mol. The van der Waals surface area contributed by atoms with E-state index in [1.807, 2.05) is 12.1 Å². The molecule has 5 heteroatoms. The van der Waals surface area contributed by atoms with Gasteiger partial charge in [0.25, 0.3) is 0 Å². The highest BCUT2D eigenvalue weighted by atomic mass is 16.4. The van der Waals surface area contributed by atoms with Gasteiger partial charge in [-0.05, 0) is 36.8 Å². The first kappa shape index (κ1) is 12.9. The maximum Gasteiger partial charge on any atom is 0.306 e. The number of hydrazine groups is 1. The Kier molecular flexibility index (Phi) is 2.97. The Morgan fingerprint density at radius 1 is 1.19 bits per heavy atom. The molecule has 1 aliphatic carbocycles. The van der Waals surface area contributed by atoms with E-state index in [1.165, 1.54) is 10.9 Å².